The van der Waals surface area contributed by atoms with Crippen molar-refractivity contribution in [3.8, 4) is 0 Å². The zero-order valence-electron chi connectivity index (χ0n) is 7.15. The van der Waals surface area contributed by atoms with Gasteiger partial charge in [-0.25, -0.2) is 0 Å². The van der Waals surface area contributed by atoms with Gasteiger partial charge in [0.15, 0.2) is 0 Å². The van der Waals surface area contributed by atoms with E-state index in [2.05, 4.69) is 0 Å². The minimum atomic E-state index is -4.78. The highest BCUT2D eigenvalue weighted by molar-refractivity contribution is 5.36. The normalized spacial score (nSPS) is 12.9. The molecule has 0 saturated heterocycles. The maximum atomic E-state index is 12.2. The Hall–Kier alpha value is -1.20. The number of hydrogen-bond acceptors (Lipinski definition) is 0. The smallest absolute Gasteiger partial charge is 0.170 e. The van der Waals surface area contributed by atoms with Gasteiger partial charge in [0.25, 0.3) is 0 Å². The highest BCUT2D eigenvalue weighted by atomic mass is 19.4. The maximum Gasteiger partial charge on any atom is 0.416 e. The Kier molecular flexibility index (Phi) is 2.97. The fourth-order valence-electron chi connectivity index (χ4n) is 1.06. The van der Waals surface area contributed by atoms with Crippen molar-refractivity contribution in [1.29, 1.82) is 0 Å². The third-order valence-corrected chi connectivity index (χ3v) is 1.59. The summed E-state index contributed by atoms with van der Waals surface area (Å²) in [6, 6.07) is 3.54. The van der Waals surface area contributed by atoms with Crippen molar-refractivity contribution < 1.29 is 26.3 Å². The van der Waals surface area contributed by atoms with Crippen molar-refractivity contribution in [2.45, 2.75) is 12.4 Å². The van der Waals surface area contributed by atoms with E-state index >= 15 is 0 Å². The van der Waals surface area contributed by atoms with Crippen molar-refractivity contribution in [2.24, 2.45) is 0 Å². The molecule has 83 valence electrons. The Bertz CT molecular complexity index is 335. The van der Waals surface area contributed by atoms with Gasteiger partial charge in [-0.3, -0.25) is 0 Å². The molecule has 0 amide bonds. The summed E-state index contributed by atoms with van der Waals surface area (Å²) in [7, 11) is 0. The van der Waals surface area contributed by atoms with E-state index in [0.29, 0.717) is 6.07 Å². The van der Waals surface area contributed by atoms with Crippen LogP contribution in [0.2, 0.25) is 0 Å². The molecule has 1 aromatic rings. The van der Waals surface area contributed by atoms with Gasteiger partial charge in [0.2, 0.25) is 0 Å². The highest BCUT2D eigenvalue weighted by Gasteiger charge is 2.37. The molecule has 0 unspecified atom stereocenters. The van der Waals surface area contributed by atoms with Crippen LogP contribution >= 0.6 is 0 Å². The van der Waals surface area contributed by atoms with Crippen LogP contribution in [-0.2, 0) is 6.18 Å². The van der Waals surface area contributed by atoms with E-state index in [1.807, 2.05) is 0 Å². The number of benzene rings is 1. The van der Waals surface area contributed by atoms with Crippen LogP contribution in [0.1, 0.15) is 11.1 Å². The van der Waals surface area contributed by atoms with E-state index in [9.17, 15) is 26.3 Å². The van der Waals surface area contributed by atoms with Gasteiger partial charge < -0.3 is 0 Å². The van der Waals surface area contributed by atoms with Gasteiger partial charge in [-0.2, -0.15) is 26.3 Å². The van der Waals surface area contributed by atoms with Gasteiger partial charge in [-0.05, 0) is 11.6 Å². The van der Waals surface area contributed by atoms with Gasteiger partial charge in [-0.1, -0.05) is 18.2 Å². The maximum absolute atomic E-state index is 12.2. The van der Waals surface area contributed by atoms with Crippen LogP contribution in [-0.4, -0.2) is 6.18 Å². The molecule has 1 aromatic carbocycles. The molecular formula is C9H5F6. The quantitative estimate of drug-likeness (QED) is 0.640. The summed E-state index contributed by atoms with van der Waals surface area (Å²) >= 11 is 0. The summed E-state index contributed by atoms with van der Waals surface area (Å²) in [4.78, 5) is 0. The molecule has 0 aliphatic carbocycles. The summed E-state index contributed by atoms with van der Waals surface area (Å²) < 4.78 is 72.4. The van der Waals surface area contributed by atoms with Crippen LogP contribution in [0.3, 0.4) is 0 Å². The summed E-state index contributed by atoms with van der Waals surface area (Å²) in [5.74, 6) is 0. The van der Waals surface area contributed by atoms with Crippen molar-refractivity contribution >= 4 is 0 Å². The molecule has 0 heterocycles. The van der Waals surface area contributed by atoms with Crippen molar-refractivity contribution in [3.05, 3.63) is 41.8 Å². The van der Waals surface area contributed by atoms with Gasteiger partial charge in [0, 0.05) is 0 Å². The average Bonchev–Trinajstić information content (AvgIpc) is 1.99. The van der Waals surface area contributed by atoms with E-state index in [4.69, 9.17) is 0 Å². The second-order valence-electron chi connectivity index (χ2n) is 2.77. The molecule has 15 heavy (non-hydrogen) atoms. The molecule has 0 fully saturated rings. The first-order chi connectivity index (χ1) is 6.70. The molecule has 1 rings (SSSR count). The highest BCUT2D eigenvalue weighted by Crippen LogP contribution is 2.35. The summed E-state index contributed by atoms with van der Waals surface area (Å²) in [5, 5.41) is 0. The second-order valence-corrected chi connectivity index (χ2v) is 2.77. The van der Waals surface area contributed by atoms with E-state index in [1.54, 1.807) is 0 Å². The van der Waals surface area contributed by atoms with E-state index in [0.717, 1.165) is 18.2 Å². The molecule has 0 aromatic heterocycles. The summed E-state index contributed by atoms with van der Waals surface area (Å²) in [6.07, 6.45) is -9.91. The van der Waals surface area contributed by atoms with Crippen molar-refractivity contribution in [2.75, 3.05) is 0 Å². The first-order valence-corrected chi connectivity index (χ1v) is 3.79. The van der Waals surface area contributed by atoms with Crippen LogP contribution in [0.4, 0.5) is 26.3 Å². The lowest BCUT2D eigenvalue weighted by Gasteiger charge is -2.13. The molecule has 0 spiro atoms. The van der Waals surface area contributed by atoms with Gasteiger partial charge >= 0.3 is 12.4 Å². The minimum Gasteiger partial charge on any atom is -0.170 e. The molecule has 0 aliphatic rings. The van der Waals surface area contributed by atoms with Crippen LogP contribution in [0.5, 0.6) is 0 Å². The van der Waals surface area contributed by atoms with E-state index in [-0.39, 0.29) is 6.42 Å². The first-order valence-electron chi connectivity index (χ1n) is 3.79. The Morgan fingerprint density at radius 1 is 0.867 bits per heavy atom. The second kappa shape index (κ2) is 3.75. The first kappa shape index (κ1) is 11.9. The van der Waals surface area contributed by atoms with Crippen LogP contribution in [0.25, 0.3) is 0 Å². The third kappa shape index (κ3) is 3.45. The standard InChI is InChI=1S/C9H5F6/c10-8(11,12)5-6-3-1-2-4-7(6)9(13,14)15/h1-5H. The topological polar surface area (TPSA) is 0 Å². The average molecular weight is 227 g/mol. The molecule has 1 radical (unpaired) electrons. The number of halogens is 6. The summed E-state index contributed by atoms with van der Waals surface area (Å²) in [5.41, 5.74) is -2.17. The Morgan fingerprint density at radius 2 is 1.40 bits per heavy atom. The lowest BCUT2D eigenvalue weighted by molar-refractivity contribution is -0.138. The van der Waals surface area contributed by atoms with Crippen LogP contribution < -0.4 is 0 Å². The third-order valence-electron chi connectivity index (χ3n) is 1.59. The fraction of sp³-hybridized carbons (Fsp3) is 0.222. The van der Waals surface area contributed by atoms with Crippen LogP contribution in [0, 0.1) is 6.42 Å². The largest absolute Gasteiger partial charge is 0.416 e. The van der Waals surface area contributed by atoms with Crippen molar-refractivity contribution in [3.63, 3.8) is 0 Å². The van der Waals surface area contributed by atoms with Crippen LogP contribution in [0.15, 0.2) is 24.3 Å². The summed E-state index contributed by atoms with van der Waals surface area (Å²) in [6.45, 7) is 0. The molecule has 0 atom stereocenters. The molecule has 0 bridgehead atoms. The van der Waals surface area contributed by atoms with E-state index < -0.39 is 23.5 Å². The predicted molar refractivity (Wildman–Crippen MR) is 40.9 cm³/mol. The number of hydrogen-bond donors (Lipinski definition) is 0. The Labute approximate surface area is 81.5 Å². The van der Waals surface area contributed by atoms with Gasteiger partial charge in [0.05, 0.1) is 12.0 Å². The Balaban J connectivity index is 3.08. The minimum absolute atomic E-state index is 0.365. The predicted octanol–water partition coefficient (Wildman–Crippen LogP) is 3.82. The fourth-order valence-corrected chi connectivity index (χ4v) is 1.06. The molecule has 0 saturated carbocycles. The SMILES string of the molecule is FC(F)(F)[CH]c1ccccc1C(F)(F)F. The monoisotopic (exact) mass is 227 g/mol. The zero-order chi connectivity index (χ0) is 11.7. The lowest BCUT2D eigenvalue weighted by atomic mass is 10.0. The van der Waals surface area contributed by atoms with Gasteiger partial charge in [-0.15, -0.1) is 0 Å². The molecule has 6 heteroatoms. The van der Waals surface area contributed by atoms with Crippen molar-refractivity contribution in [1.82, 2.24) is 0 Å². The zero-order valence-corrected chi connectivity index (χ0v) is 7.15. The number of alkyl halides is 6. The van der Waals surface area contributed by atoms with Gasteiger partial charge in [0.1, 0.15) is 0 Å². The molecular weight excluding hydrogens is 222 g/mol. The molecule has 0 N–H and O–H groups in total. The lowest BCUT2D eigenvalue weighted by Crippen LogP contribution is -2.14. The Morgan fingerprint density at radius 3 is 1.87 bits per heavy atom. The molecule has 0 nitrogen and oxygen atoms in total. The number of rotatable bonds is 1. The molecule has 0 aliphatic heterocycles. The van der Waals surface area contributed by atoms with E-state index in [1.165, 1.54) is 0 Å².